The highest BCUT2D eigenvalue weighted by atomic mass is 35.5. The molecular formula is C18H16ClFN4O3. The van der Waals surface area contributed by atoms with Crippen molar-refractivity contribution in [1.82, 2.24) is 15.2 Å². The molecule has 1 aliphatic rings. The normalized spacial score (nSPS) is 19.1. The molecule has 1 aromatic heterocycles. The molecular weight excluding hydrogens is 375 g/mol. The van der Waals surface area contributed by atoms with Gasteiger partial charge in [0, 0.05) is 6.20 Å². The molecule has 0 bridgehead atoms. The number of amides is 4. The Balaban J connectivity index is 1.80. The number of halogens is 2. The zero-order valence-electron chi connectivity index (χ0n) is 14.3. The number of benzene rings is 1. The highest BCUT2D eigenvalue weighted by Gasteiger charge is 2.51. The van der Waals surface area contributed by atoms with Crippen LogP contribution in [0.2, 0.25) is 5.15 Å². The van der Waals surface area contributed by atoms with Crippen LogP contribution < -0.4 is 10.6 Å². The van der Waals surface area contributed by atoms with Crippen LogP contribution in [0.3, 0.4) is 0 Å². The molecule has 2 aromatic rings. The molecule has 1 saturated heterocycles. The maximum absolute atomic E-state index is 13.2. The Bertz CT molecular complexity index is 906. The lowest BCUT2D eigenvalue weighted by Gasteiger charge is -2.25. The number of nitrogens with zero attached hydrogens (tertiary/aromatic N) is 2. The number of carbonyl (C=O) groups excluding carboxylic acids is 3. The van der Waals surface area contributed by atoms with Crippen molar-refractivity contribution < 1.29 is 18.8 Å². The van der Waals surface area contributed by atoms with Crippen LogP contribution >= 0.6 is 11.6 Å². The van der Waals surface area contributed by atoms with Gasteiger partial charge in [-0.05, 0) is 36.2 Å². The van der Waals surface area contributed by atoms with Crippen LogP contribution in [0.1, 0.15) is 18.9 Å². The topological polar surface area (TPSA) is 91.4 Å². The van der Waals surface area contributed by atoms with Crippen LogP contribution in [-0.2, 0) is 15.1 Å². The molecule has 140 valence electrons. The number of nitrogens with one attached hydrogen (secondary N) is 2. The van der Waals surface area contributed by atoms with Crippen LogP contribution in [0, 0.1) is 5.82 Å². The average molecular weight is 391 g/mol. The second-order valence-electron chi connectivity index (χ2n) is 5.98. The largest absolute Gasteiger partial charge is 0.325 e. The van der Waals surface area contributed by atoms with Gasteiger partial charge in [0.1, 0.15) is 17.9 Å². The molecule has 1 fully saturated rings. The van der Waals surface area contributed by atoms with Gasteiger partial charge in [0.25, 0.3) is 5.91 Å². The third kappa shape index (κ3) is 3.48. The summed E-state index contributed by atoms with van der Waals surface area (Å²) in [7, 11) is 0. The van der Waals surface area contributed by atoms with Gasteiger partial charge in [0.15, 0.2) is 5.15 Å². The van der Waals surface area contributed by atoms with Crippen molar-refractivity contribution in [2.24, 2.45) is 0 Å². The number of imide groups is 1. The summed E-state index contributed by atoms with van der Waals surface area (Å²) < 4.78 is 13.2. The smallest absolute Gasteiger partial charge is 0.322 e. The molecule has 3 rings (SSSR count). The van der Waals surface area contributed by atoms with Gasteiger partial charge in [-0.15, -0.1) is 0 Å². The SMILES string of the molecule is CC[C@]1(c2ccc(F)cc2)NC(=O)N(CC(=O)Nc2cccnc2Cl)C1=O. The molecule has 1 aliphatic heterocycles. The number of pyridine rings is 1. The minimum atomic E-state index is -1.34. The van der Waals surface area contributed by atoms with Gasteiger partial charge in [-0.3, -0.25) is 14.5 Å². The van der Waals surface area contributed by atoms with Gasteiger partial charge in [0.05, 0.1) is 5.69 Å². The molecule has 0 aliphatic carbocycles. The Labute approximate surface area is 159 Å². The predicted octanol–water partition coefficient (Wildman–Crippen LogP) is 2.67. The van der Waals surface area contributed by atoms with E-state index in [4.69, 9.17) is 11.6 Å². The van der Waals surface area contributed by atoms with Crippen molar-refractivity contribution in [3.63, 3.8) is 0 Å². The Morgan fingerprint density at radius 2 is 2.00 bits per heavy atom. The summed E-state index contributed by atoms with van der Waals surface area (Å²) in [6, 6.07) is 7.75. The van der Waals surface area contributed by atoms with Crippen LogP contribution in [-0.4, -0.2) is 34.3 Å². The van der Waals surface area contributed by atoms with Crippen LogP contribution in [0.5, 0.6) is 0 Å². The third-order valence-electron chi connectivity index (χ3n) is 4.38. The molecule has 2 heterocycles. The first-order chi connectivity index (χ1) is 12.9. The maximum Gasteiger partial charge on any atom is 0.325 e. The van der Waals surface area contributed by atoms with Crippen molar-refractivity contribution in [3.8, 4) is 0 Å². The first-order valence-electron chi connectivity index (χ1n) is 8.18. The summed E-state index contributed by atoms with van der Waals surface area (Å²) in [5.41, 5.74) is -0.615. The first-order valence-corrected chi connectivity index (χ1v) is 8.55. The third-order valence-corrected chi connectivity index (χ3v) is 4.68. The van der Waals surface area contributed by atoms with Crippen LogP contribution in [0.15, 0.2) is 42.6 Å². The van der Waals surface area contributed by atoms with Gasteiger partial charge in [-0.1, -0.05) is 30.7 Å². The van der Waals surface area contributed by atoms with Gasteiger partial charge in [-0.2, -0.15) is 0 Å². The quantitative estimate of drug-likeness (QED) is 0.606. The van der Waals surface area contributed by atoms with Crippen LogP contribution in [0.4, 0.5) is 14.9 Å². The minimum absolute atomic E-state index is 0.0947. The van der Waals surface area contributed by atoms with Crippen LogP contribution in [0.25, 0.3) is 0 Å². The number of urea groups is 1. The molecule has 1 aromatic carbocycles. The monoisotopic (exact) mass is 390 g/mol. The van der Waals surface area contributed by atoms with Gasteiger partial charge in [-0.25, -0.2) is 14.2 Å². The zero-order chi connectivity index (χ0) is 19.6. The van der Waals surface area contributed by atoms with E-state index < -0.39 is 35.7 Å². The number of anilines is 1. The fourth-order valence-corrected chi connectivity index (χ4v) is 3.12. The zero-order valence-corrected chi connectivity index (χ0v) is 15.1. The molecule has 0 radical (unpaired) electrons. The Morgan fingerprint density at radius 3 is 2.63 bits per heavy atom. The van der Waals surface area contributed by atoms with Crippen molar-refractivity contribution in [1.29, 1.82) is 0 Å². The summed E-state index contributed by atoms with van der Waals surface area (Å²) in [4.78, 5) is 42.2. The van der Waals surface area contributed by atoms with E-state index in [-0.39, 0.29) is 17.3 Å². The van der Waals surface area contributed by atoms with Crippen molar-refractivity contribution in [2.75, 3.05) is 11.9 Å². The lowest BCUT2D eigenvalue weighted by atomic mass is 9.87. The molecule has 7 nitrogen and oxygen atoms in total. The number of rotatable bonds is 5. The van der Waals surface area contributed by atoms with Gasteiger partial charge in [0.2, 0.25) is 5.91 Å². The summed E-state index contributed by atoms with van der Waals surface area (Å²) in [6.45, 7) is 1.24. The molecule has 2 N–H and O–H groups in total. The van der Waals surface area contributed by atoms with Gasteiger partial charge >= 0.3 is 6.03 Å². The molecule has 1 atom stereocenters. The van der Waals surface area contributed by atoms with E-state index in [0.29, 0.717) is 5.56 Å². The number of hydrogen-bond acceptors (Lipinski definition) is 4. The standard InChI is InChI=1S/C18H16ClFN4O3/c1-2-18(11-5-7-12(20)8-6-11)16(26)24(17(27)23-18)10-14(25)22-13-4-3-9-21-15(13)19/h3-9H,2,10H2,1H3,(H,22,25)(H,23,27)/t18-/m1/s1. The summed E-state index contributed by atoms with van der Waals surface area (Å²) in [5.74, 6) is -1.63. The maximum atomic E-state index is 13.2. The highest BCUT2D eigenvalue weighted by molar-refractivity contribution is 6.32. The first kappa shape index (κ1) is 18.8. The number of carbonyl (C=O) groups is 3. The molecule has 0 saturated carbocycles. The summed E-state index contributed by atoms with van der Waals surface area (Å²) >= 11 is 5.89. The lowest BCUT2D eigenvalue weighted by molar-refractivity contribution is -0.134. The summed E-state index contributed by atoms with van der Waals surface area (Å²) in [5, 5.41) is 5.24. The number of aromatic nitrogens is 1. The van der Waals surface area contributed by atoms with E-state index in [1.54, 1.807) is 19.1 Å². The Hall–Kier alpha value is -3.00. The molecule has 27 heavy (non-hydrogen) atoms. The lowest BCUT2D eigenvalue weighted by Crippen LogP contribution is -2.44. The Morgan fingerprint density at radius 1 is 1.30 bits per heavy atom. The second-order valence-corrected chi connectivity index (χ2v) is 6.34. The number of hydrogen-bond donors (Lipinski definition) is 2. The summed E-state index contributed by atoms with van der Waals surface area (Å²) in [6.07, 6.45) is 1.71. The molecule has 0 unspecified atom stereocenters. The van der Waals surface area contributed by atoms with Gasteiger partial charge < -0.3 is 10.6 Å². The Kier molecular flexibility index (Phi) is 5.09. The van der Waals surface area contributed by atoms with Crippen molar-refractivity contribution >= 4 is 35.1 Å². The van der Waals surface area contributed by atoms with E-state index in [2.05, 4.69) is 15.6 Å². The van der Waals surface area contributed by atoms with E-state index >= 15 is 0 Å². The van der Waals surface area contributed by atoms with E-state index in [0.717, 1.165) is 4.90 Å². The van der Waals surface area contributed by atoms with E-state index in [1.165, 1.54) is 30.5 Å². The van der Waals surface area contributed by atoms with Crippen molar-refractivity contribution in [3.05, 3.63) is 59.1 Å². The molecule has 4 amide bonds. The van der Waals surface area contributed by atoms with E-state index in [9.17, 15) is 18.8 Å². The molecule has 0 spiro atoms. The average Bonchev–Trinajstić information content (AvgIpc) is 2.89. The minimum Gasteiger partial charge on any atom is -0.322 e. The second kappa shape index (κ2) is 7.32. The molecule has 9 heteroatoms. The fraction of sp³-hybridized carbons (Fsp3) is 0.222. The predicted molar refractivity (Wildman–Crippen MR) is 96.5 cm³/mol. The van der Waals surface area contributed by atoms with E-state index in [1.807, 2.05) is 0 Å². The van der Waals surface area contributed by atoms with Crippen molar-refractivity contribution in [2.45, 2.75) is 18.9 Å². The highest BCUT2D eigenvalue weighted by Crippen LogP contribution is 2.32. The fourth-order valence-electron chi connectivity index (χ4n) is 2.96.